The summed E-state index contributed by atoms with van der Waals surface area (Å²) in [6.07, 6.45) is 3.45. The first-order valence-electron chi connectivity index (χ1n) is 3.79. The first kappa shape index (κ1) is 6.46. The normalized spacial score (nSPS) is 23.6. The van der Waals surface area contributed by atoms with Gasteiger partial charge in [0.1, 0.15) is 0 Å². The molecule has 1 saturated heterocycles. The Morgan fingerprint density at radius 1 is 1.55 bits per heavy atom. The van der Waals surface area contributed by atoms with E-state index in [2.05, 4.69) is 10.3 Å². The van der Waals surface area contributed by atoms with E-state index in [0.717, 1.165) is 12.1 Å². The van der Waals surface area contributed by atoms with Crippen molar-refractivity contribution >= 4 is 5.91 Å². The highest BCUT2D eigenvalue weighted by Crippen LogP contribution is 2.21. The maximum absolute atomic E-state index is 10.8. The lowest BCUT2D eigenvalue weighted by molar-refractivity contribution is -0.119. The smallest absolute Gasteiger partial charge is 0.220 e. The number of hydrogen-bond donors (Lipinski definition) is 2. The summed E-state index contributed by atoms with van der Waals surface area (Å²) in [4.78, 5) is 13.9. The van der Waals surface area contributed by atoms with Crippen molar-refractivity contribution in [3.63, 3.8) is 0 Å². The molecule has 3 heteroatoms. The summed E-state index contributed by atoms with van der Waals surface area (Å²) >= 11 is 0. The van der Waals surface area contributed by atoms with Crippen LogP contribution in [0, 0.1) is 0 Å². The Balaban J connectivity index is 2.13. The molecule has 0 aromatic carbocycles. The summed E-state index contributed by atoms with van der Waals surface area (Å²) in [7, 11) is 0. The van der Waals surface area contributed by atoms with E-state index < -0.39 is 0 Å². The lowest BCUT2D eigenvalue weighted by Crippen LogP contribution is -2.18. The van der Waals surface area contributed by atoms with E-state index in [4.69, 9.17) is 0 Å². The molecule has 0 radical (unpaired) electrons. The Kier molecular flexibility index (Phi) is 1.42. The van der Waals surface area contributed by atoms with Gasteiger partial charge in [-0.05, 0) is 18.6 Å². The van der Waals surface area contributed by atoms with E-state index in [1.165, 1.54) is 0 Å². The Bertz CT molecular complexity index is 253. The van der Waals surface area contributed by atoms with Crippen LogP contribution in [0.1, 0.15) is 24.6 Å². The number of rotatable bonds is 1. The number of nitrogens with one attached hydrogen (secondary N) is 2. The van der Waals surface area contributed by atoms with Gasteiger partial charge in [0.15, 0.2) is 0 Å². The van der Waals surface area contributed by atoms with Crippen LogP contribution in [0.25, 0.3) is 0 Å². The van der Waals surface area contributed by atoms with Gasteiger partial charge in [-0.1, -0.05) is 0 Å². The van der Waals surface area contributed by atoms with Gasteiger partial charge in [0.25, 0.3) is 0 Å². The van der Waals surface area contributed by atoms with Gasteiger partial charge < -0.3 is 10.3 Å². The highest BCUT2D eigenvalue weighted by Gasteiger charge is 2.22. The van der Waals surface area contributed by atoms with E-state index in [9.17, 15) is 4.79 Å². The van der Waals surface area contributed by atoms with Crippen molar-refractivity contribution in [2.75, 3.05) is 0 Å². The van der Waals surface area contributed by atoms with Crippen molar-refractivity contribution in [3.05, 3.63) is 24.0 Å². The Labute approximate surface area is 64.8 Å². The number of carbonyl (C=O) groups is 1. The molecule has 2 N–H and O–H groups in total. The topological polar surface area (TPSA) is 44.9 Å². The molecule has 1 fully saturated rings. The maximum atomic E-state index is 10.8. The van der Waals surface area contributed by atoms with Crippen LogP contribution >= 0.6 is 0 Å². The van der Waals surface area contributed by atoms with Crippen LogP contribution in [0.5, 0.6) is 0 Å². The molecule has 1 aliphatic heterocycles. The zero-order valence-electron chi connectivity index (χ0n) is 6.13. The molecule has 1 aliphatic rings. The van der Waals surface area contributed by atoms with Crippen LogP contribution in [0.4, 0.5) is 0 Å². The van der Waals surface area contributed by atoms with Gasteiger partial charge in [-0.25, -0.2) is 0 Å². The van der Waals surface area contributed by atoms with E-state index in [1.807, 2.05) is 18.3 Å². The molecule has 11 heavy (non-hydrogen) atoms. The lowest BCUT2D eigenvalue weighted by Gasteiger charge is -2.05. The average molecular weight is 150 g/mol. The minimum Gasteiger partial charge on any atom is -0.363 e. The average Bonchev–Trinajstić information content (AvgIpc) is 2.55. The molecule has 0 bridgehead atoms. The van der Waals surface area contributed by atoms with Crippen molar-refractivity contribution < 1.29 is 4.79 Å². The van der Waals surface area contributed by atoms with Gasteiger partial charge in [0.2, 0.25) is 5.91 Å². The van der Waals surface area contributed by atoms with Crippen LogP contribution in [0.2, 0.25) is 0 Å². The van der Waals surface area contributed by atoms with Gasteiger partial charge in [-0.3, -0.25) is 4.79 Å². The van der Waals surface area contributed by atoms with Crippen LogP contribution in [-0.4, -0.2) is 10.9 Å². The zero-order chi connectivity index (χ0) is 7.68. The number of carbonyl (C=O) groups excluding carboxylic acids is 1. The van der Waals surface area contributed by atoms with Crippen molar-refractivity contribution in [2.45, 2.75) is 18.9 Å². The highest BCUT2D eigenvalue weighted by atomic mass is 16.1. The first-order valence-corrected chi connectivity index (χ1v) is 3.79. The molecule has 58 valence electrons. The molecule has 1 aromatic heterocycles. The van der Waals surface area contributed by atoms with E-state index >= 15 is 0 Å². The Morgan fingerprint density at radius 2 is 2.45 bits per heavy atom. The summed E-state index contributed by atoms with van der Waals surface area (Å²) in [6.45, 7) is 0. The second kappa shape index (κ2) is 2.42. The molecule has 1 atom stereocenters. The van der Waals surface area contributed by atoms with Crippen LogP contribution in [0.3, 0.4) is 0 Å². The molecule has 2 rings (SSSR count). The van der Waals surface area contributed by atoms with Gasteiger partial charge in [0, 0.05) is 18.3 Å². The fourth-order valence-electron chi connectivity index (χ4n) is 1.41. The molecule has 1 aromatic rings. The number of H-pyrrole nitrogens is 1. The van der Waals surface area contributed by atoms with Gasteiger partial charge in [-0.15, -0.1) is 0 Å². The van der Waals surface area contributed by atoms with Crippen molar-refractivity contribution in [2.24, 2.45) is 0 Å². The molecular weight excluding hydrogens is 140 g/mol. The van der Waals surface area contributed by atoms with Crippen molar-refractivity contribution in [1.29, 1.82) is 0 Å². The van der Waals surface area contributed by atoms with E-state index in [0.29, 0.717) is 6.42 Å². The number of aromatic nitrogens is 1. The second-order valence-electron chi connectivity index (χ2n) is 2.78. The standard InChI is InChI=1S/C8H10N2O/c11-8-4-3-7(10-8)6-2-1-5-9-6/h1-2,5,7,9H,3-4H2,(H,10,11). The third kappa shape index (κ3) is 1.13. The molecule has 3 nitrogen and oxygen atoms in total. The molecule has 0 aliphatic carbocycles. The summed E-state index contributed by atoms with van der Waals surface area (Å²) in [5, 5.41) is 2.89. The third-order valence-electron chi connectivity index (χ3n) is 1.99. The summed E-state index contributed by atoms with van der Waals surface area (Å²) in [6, 6.07) is 4.16. The Morgan fingerprint density at radius 3 is 3.00 bits per heavy atom. The SMILES string of the molecule is O=C1CCC(c2ccc[nH]2)N1. The van der Waals surface area contributed by atoms with Gasteiger partial charge in [-0.2, -0.15) is 0 Å². The summed E-state index contributed by atoms with van der Waals surface area (Å²) in [5.41, 5.74) is 1.11. The summed E-state index contributed by atoms with van der Waals surface area (Å²) < 4.78 is 0. The van der Waals surface area contributed by atoms with Gasteiger partial charge >= 0.3 is 0 Å². The first-order chi connectivity index (χ1) is 5.36. The molecular formula is C8H10N2O. The third-order valence-corrected chi connectivity index (χ3v) is 1.99. The maximum Gasteiger partial charge on any atom is 0.220 e. The monoisotopic (exact) mass is 150 g/mol. The quantitative estimate of drug-likeness (QED) is 0.615. The number of amides is 1. The van der Waals surface area contributed by atoms with Crippen LogP contribution in [0.15, 0.2) is 18.3 Å². The fraction of sp³-hybridized carbons (Fsp3) is 0.375. The predicted octanol–water partition coefficient (Wildman–Crippen LogP) is 0.966. The van der Waals surface area contributed by atoms with Crippen molar-refractivity contribution in [1.82, 2.24) is 10.3 Å². The minimum atomic E-state index is 0.157. The highest BCUT2D eigenvalue weighted by molar-refractivity contribution is 5.78. The number of hydrogen-bond acceptors (Lipinski definition) is 1. The van der Waals surface area contributed by atoms with E-state index in [-0.39, 0.29) is 11.9 Å². The molecule has 0 saturated carbocycles. The summed E-state index contributed by atoms with van der Waals surface area (Å²) in [5.74, 6) is 0.157. The number of aromatic amines is 1. The predicted molar refractivity (Wildman–Crippen MR) is 40.9 cm³/mol. The molecule has 2 heterocycles. The van der Waals surface area contributed by atoms with Crippen LogP contribution in [-0.2, 0) is 4.79 Å². The van der Waals surface area contributed by atoms with E-state index in [1.54, 1.807) is 0 Å². The zero-order valence-corrected chi connectivity index (χ0v) is 6.13. The largest absolute Gasteiger partial charge is 0.363 e. The molecule has 0 spiro atoms. The minimum absolute atomic E-state index is 0.157. The second-order valence-corrected chi connectivity index (χ2v) is 2.78. The molecule has 1 unspecified atom stereocenters. The van der Waals surface area contributed by atoms with Crippen molar-refractivity contribution in [3.8, 4) is 0 Å². The van der Waals surface area contributed by atoms with Crippen LogP contribution < -0.4 is 5.32 Å². The fourth-order valence-corrected chi connectivity index (χ4v) is 1.41. The lowest BCUT2D eigenvalue weighted by atomic mass is 10.2. The molecule has 1 amide bonds. The Hall–Kier alpha value is -1.25. The van der Waals surface area contributed by atoms with Gasteiger partial charge in [0.05, 0.1) is 6.04 Å².